The maximum atomic E-state index is 11.6. The topological polar surface area (TPSA) is 130 Å². The number of primary amides is 2. The molecule has 3 rings (SSSR count). The molecule has 0 saturated heterocycles. The van der Waals surface area contributed by atoms with Gasteiger partial charge in [0.15, 0.2) is 0 Å². The Hall–Kier alpha value is -2.91. The summed E-state index contributed by atoms with van der Waals surface area (Å²) in [5, 5.41) is 16.5. The van der Waals surface area contributed by atoms with E-state index >= 15 is 0 Å². The summed E-state index contributed by atoms with van der Waals surface area (Å²) >= 11 is 7.14. The van der Waals surface area contributed by atoms with Crippen LogP contribution in [0.2, 0.25) is 5.02 Å². The first-order chi connectivity index (χ1) is 14.9. The number of nitrogens with one attached hydrogen (secondary N) is 2. The van der Waals surface area contributed by atoms with Crippen LogP contribution >= 0.6 is 22.9 Å². The molecule has 7 nitrogen and oxygen atoms in total. The summed E-state index contributed by atoms with van der Waals surface area (Å²) in [5.41, 5.74) is 13.8. The summed E-state index contributed by atoms with van der Waals surface area (Å²) in [7, 11) is 0. The van der Waals surface area contributed by atoms with E-state index in [1.165, 1.54) is 11.3 Å². The number of urea groups is 1. The van der Waals surface area contributed by atoms with Crippen molar-refractivity contribution < 1.29 is 14.7 Å². The normalized spacial score (nSPS) is 11.8. The van der Waals surface area contributed by atoms with E-state index in [4.69, 9.17) is 23.1 Å². The van der Waals surface area contributed by atoms with Crippen LogP contribution in [-0.2, 0) is 13.0 Å². The number of carbonyl (C=O) groups excluding carboxylic acids is 2. The Morgan fingerprint density at radius 3 is 2.26 bits per heavy atom. The Kier molecular flexibility index (Phi) is 7.64. The van der Waals surface area contributed by atoms with Crippen LogP contribution in [0.15, 0.2) is 54.6 Å². The highest BCUT2D eigenvalue weighted by Gasteiger charge is 2.16. The standard InChI is InChI=1S/C22H23ClN4O3S/c23-16-7-3-13(4-8-16)9-17(12-28)26-11-14-1-5-15(6-2-14)19-10-18(20(24)29)21(31-19)27-22(25)30/h1-8,10,17,26,28H,9,11-12H2,(H2,24,29)(H3,25,27,30). The van der Waals surface area contributed by atoms with Gasteiger partial charge in [0, 0.05) is 22.5 Å². The molecule has 1 unspecified atom stereocenters. The van der Waals surface area contributed by atoms with Gasteiger partial charge in [-0.15, -0.1) is 11.3 Å². The third-order valence-corrected chi connectivity index (χ3v) is 6.03. The molecule has 0 radical (unpaired) electrons. The van der Waals surface area contributed by atoms with Crippen molar-refractivity contribution >= 4 is 39.9 Å². The van der Waals surface area contributed by atoms with Crippen LogP contribution in [0.25, 0.3) is 10.4 Å². The molecular formula is C22H23ClN4O3S. The van der Waals surface area contributed by atoms with E-state index in [2.05, 4.69) is 10.6 Å². The van der Waals surface area contributed by atoms with Crippen LogP contribution in [0.3, 0.4) is 0 Å². The predicted molar refractivity (Wildman–Crippen MR) is 124 cm³/mol. The summed E-state index contributed by atoms with van der Waals surface area (Å²) < 4.78 is 0. The van der Waals surface area contributed by atoms with E-state index in [1.54, 1.807) is 6.07 Å². The summed E-state index contributed by atoms with van der Waals surface area (Å²) in [6.07, 6.45) is 0.687. The molecule has 1 atom stereocenters. The van der Waals surface area contributed by atoms with E-state index in [1.807, 2.05) is 48.5 Å². The Balaban J connectivity index is 1.65. The van der Waals surface area contributed by atoms with Gasteiger partial charge in [0.25, 0.3) is 5.91 Å². The molecule has 7 N–H and O–H groups in total. The minimum atomic E-state index is -0.755. The number of benzene rings is 2. The highest BCUT2D eigenvalue weighted by molar-refractivity contribution is 7.20. The third-order valence-electron chi connectivity index (χ3n) is 4.68. The van der Waals surface area contributed by atoms with Crippen LogP contribution in [0, 0.1) is 0 Å². The van der Waals surface area contributed by atoms with Crippen LogP contribution < -0.4 is 22.1 Å². The molecule has 0 aliphatic heterocycles. The molecule has 0 spiro atoms. The highest BCUT2D eigenvalue weighted by Crippen LogP contribution is 2.35. The van der Waals surface area contributed by atoms with Crippen LogP contribution in [-0.4, -0.2) is 29.7 Å². The lowest BCUT2D eigenvalue weighted by Crippen LogP contribution is -2.34. The van der Waals surface area contributed by atoms with Gasteiger partial charge in [-0.2, -0.15) is 0 Å². The van der Waals surface area contributed by atoms with E-state index in [0.29, 0.717) is 23.0 Å². The van der Waals surface area contributed by atoms with Crippen molar-refractivity contribution in [1.82, 2.24) is 5.32 Å². The lowest BCUT2D eigenvalue weighted by Gasteiger charge is -2.16. The number of thiophene rings is 1. The number of nitrogens with two attached hydrogens (primary N) is 2. The number of anilines is 1. The van der Waals surface area contributed by atoms with Gasteiger partial charge in [-0.25, -0.2) is 4.79 Å². The van der Waals surface area contributed by atoms with Crippen molar-refractivity contribution in [3.63, 3.8) is 0 Å². The Morgan fingerprint density at radius 1 is 1.03 bits per heavy atom. The van der Waals surface area contributed by atoms with Gasteiger partial charge in [-0.1, -0.05) is 48.0 Å². The minimum Gasteiger partial charge on any atom is -0.395 e. The van der Waals surface area contributed by atoms with Gasteiger partial charge in [0.05, 0.1) is 12.2 Å². The van der Waals surface area contributed by atoms with E-state index < -0.39 is 11.9 Å². The molecule has 3 aromatic rings. The first kappa shape index (κ1) is 22.8. The SMILES string of the molecule is NC(=O)Nc1sc(-c2ccc(CNC(CO)Cc3ccc(Cl)cc3)cc2)cc1C(N)=O. The third kappa shape index (κ3) is 6.28. The summed E-state index contributed by atoms with van der Waals surface area (Å²) in [4.78, 5) is 23.6. The summed E-state index contributed by atoms with van der Waals surface area (Å²) in [5.74, 6) is -0.636. The Morgan fingerprint density at radius 2 is 1.68 bits per heavy atom. The largest absolute Gasteiger partial charge is 0.395 e. The van der Waals surface area contributed by atoms with E-state index in [9.17, 15) is 14.7 Å². The lowest BCUT2D eigenvalue weighted by molar-refractivity contribution is 0.100. The van der Waals surface area contributed by atoms with Gasteiger partial charge in [0.2, 0.25) is 0 Å². The first-order valence-electron chi connectivity index (χ1n) is 9.53. The lowest BCUT2D eigenvalue weighted by atomic mass is 10.1. The van der Waals surface area contributed by atoms with Crippen LogP contribution in [0.4, 0.5) is 9.80 Å². The van der Waals surface area contributed by atoms with Gasteiger partial charge in [0.1, 0.15) is 5.00 Å². The monoisotopic (exact) mass is 458 g/mol. The second-order valence-corrected chi connectivity index (χ2v) is 8.48. The van der Waals surface area contributed by atoms with Crippen molar-refractivity contribution in [2.75, 3.05) is 11.9 Å². The average Bonchev–Trinajstić information content (AvgIpc) is 3.16. The number of hydrogen-bond acceptors (Lipinski definition) is 5. The predicted octanol–water partition coefficient (Wildman–Crippen LogP) is 3.35. The van der Waals surface area contributed by atoms with Crippen LogP contribution in [0.5, 0.6) is 0 Å². The summed E-state index contributed by atoms with van der Waals surface area (Å²) in [6.45, 7) is 0.603. The molecule has 0 fully saturated rings. The fourth-order valence-corrected chi connectivity index (χ4v) is 4.27. The second-order valence-electron chi connectivity index (χ2n) is 6.99. The van der Waals surface area contributed by atoms with Gasteiger partial charge >= 0.3 is 6.03 Å². The molecule has 2 aromatic carbocycles. The van der Waals surface area contributed by atoms with E-state index in [-0.39, 0.29) is 18.2 Å². The zero-order chi connectivity index (χ0) is 22.4. The Bertz CT molecular complexity index is 1050. The number of aliphatic hydroxyl groups excluding tert-OH is 1. The Labute approximate surface area is 189 Å². The quantitative estimate of drug-likeness (QED) is 0.336. The number of amides is 3. The maximum Gasteiger partial charge on any atom is 0.317 e. The molecule has 9 heteroatoms. The van der Waals surface area contributed by atoms with E-state index in [0.717, 1.165) is 21.6 Å². The summed E-state index contributed by atoms with van der Waals surface area (Å²) in [6, 6.07) is 16.1. The molecule has 1 heterocycles. The van der Waals surface area contributed by atoms with Crippen molar-refractivity contribution in [2.24, 2.45) is 11.5 Å². The zero-order valence-electron chi connectivity index (χ0n) is 16.6. The van der Waals surface area contributed by atoms with Gasteiger partial charge in [-0.05, 0) is 41.3 Å². The van der Waals surface area contributed by atoms with Gasteiger partial charge < -0.3 is 21.9 Å². The molecule has 0 aliphatic carbocycles. The number of aliphatic hydroxyl groups is 1. The molecule has 3 amide bonds. The number of hydrogen-bond donors (Lipinski definition) is 5. The number of carbonyl (C=O) groups is 2. The second kappa shape index (κ2) is 10.4. The fourth-order valence-electron chi connectivity index (χ4n) is 3.08. The minimum absolute atomic E-state index is 0.0153. The van der Waals surface area contributed by atoms with Gasteiger partial charge in [-0.3, -0.25) is 10.1 Å². The molecule has 0 aliphatic rings. The number of halogens is 1. The maximum absolute atomic E-state index is 11.6. The first-order valence-corrected chi connectivity index (χ1v) is 10.7. The molecule has 162 valence electrons. The van der Waals surface area contributed by atoms with Crippen molar-refractivity contribution in [3.8, 4) is 10.4 Å². The van der Waals surface area contributed by atoms with Crippen LogP contribution in [0.1, 0.15) is 21.5 Å². The molecule has 0 saturated carbocycles. The average molecular weight is 459 g/mol. The highest BCUT2D eigenvalue weighted by atomic mass is 35.5. The number of rotatable bonds is 9. The molecule has 0 bridgehead atoms. The fraction of sp³-hybridized carbons (Fsp3) is 0.182. The molecule has 1 aromatic heterocycles. The smallest absolute Gasteiger partial charge is 0.317 e. The van der Waals surface area contributed by atoms with Crippen molar-refractivity contribution in [2.45, 2.75) is 19.0 Å². The van der Waals surface area contributed by atoms with Crippen molar-refractivity contribution in [3.05, 3.63) is 76.3 Å². The molecule has 31 heavy (non-hydrogen) atoms. The van der Waals surface area contributed by atoms with Crippen molar-refractivity contribution in [1.29, 1.82) is 0 Å². The molecular weight excluding hydrogens is 436 g/mol. The zero-order valence-corrected chi connectivity index (χ0v) is 18.2.